The smallest absolute Gasteiger partial charge is 0.152 e. The van der Waals surface area contributed by atoms with Gasteiger partial charge in [-0.1, -0.05) is 158 Å². The van der Waals surface area contributed by atoms with Gasteiger partial charge in [0, 0.05) is 16.8 Å². The fourth-order valence-corrected chi connectivity index (χ4v) is 7.77. The quantitative estimate of drug-likeness (QED) is 0.160. The van der Waals surface area contributed by atoms with Crippen LogP contribution in [0.5, 0.6) is 11.5 Å². The Balaban J connectivity index is 1.26. The Labute approximate surface area is 305 Å². The zero-order valence-corrected chi connectivity index (χ0v) is 29.0. The predicted octanol–water partition coefficient (Wildman–Crippen LogP) is 13.6. The van der Waals surface area contributed by atoms with Gasteiger partial charge in [0.15, 0.2) is 5.75 Å². The zero-order chi connectivity index (χ0) is 34.9. The maximum atomic E-state index is 6.80. The van der Waals surface area contributed by atoms with Crippen molar-refractivity contribution < 1.29 is 4.74 Å². The van der Waals surface area contributed by atoms with Gasteiger partial charge in [-0.25, -0.2) is 0 Å². The van der Waals surface area contributed by atoms with Crippen molar-refractivity contribution >= 4 is 17.1 Å². The minimum absolute atomic E-state index is 0.327. The molecule has 0 amide bonds. The van der Waals surface area contributed by atoms with E-state index in [4.69, 9.17) is 4.74 Å². The number of benzene rings is 8. The summed E-state index contributed by atoms with van der Waals surface area (Å²) in [6.07, 6.45) is 0. The lowest BCUT2D eigenvalue weighted by molar-refractivity contribution is 0.484. The first-order valence-corrected chi connectivity index (χ1v) is 17.8. The predicted molar refractivity (Wildman–Crippen MR) is 216 cm³/mol. The van der Waals surface area contributed by atoms with Gasteiger partial charge in [0.1, 0.15) is 5.75 Å². The molecule has 248 valence electrons. The van der Waals surface area contributed by atoms with Crippen LogP contribution in [0, 0.1) is 0 Å². The Morgan fingerprint density at radius 1 is 0.404 bits per heavy atom. The molecule has 0 heterocycles. The van der Waals surface area contributed by atoms with E-state index in [-0.39, 0.29) is 5.41 Å². The summed E-state index contributed by atoms with van der Waals surface area (Å²) in [6.45, 7) is 2.37. The minimum atomic E-state index is -0.327. The molecule has 9 rings (SSSR count). The van der Waals surface area contributed by atoms with Crippen molar-refractivity contribution in [3.63, 3.8) is 0 Å². The molecule has 0 aromatic heterocycles. The molecule has 0 saturated carbocycles. The monoisotopic (exact) mass is 667 g/mol. The zero-order valence-electron chi connectivity index (χ0n) is 29.0. The average Bonchev–Trinajstić information content (AvgIpc) is 3.48. The van der Waals surface area contributed by atoms with E-state index in [1.54, 1.807) is 0 Å². The second-order valence-corrected chi connectivity index (χ2v) is 13.5. The topological polar surface area (TPSA) is 12.5 Å². The van der Waals surface area contributed by atoms with E-state index < -0.39 is 0 Å². The summed E-state index contributed by atoms with van der Waals surface area (Å²) in [5.41, 5.74) is 13.8. The molecule has 2 heteroatoms. The molecule has 8 aromatic rings. The number of hydrogen-bond acceptors (Lipinski definition) is 2. The molecule has 8 aromatic carbocycles. The van der Waals surface area contributed by atoms with Crippen LogP contribution in [0.4, 0.5) is 17.1 Å². The third-order valence-electron chi connectivity index (χ3n) is 10.4. The van der Waals surface area contributed by atoms with Crippen molar-refractivity contribution in [2.24, 2.45) is 0 Å². The normalized spacial score (nSPS) is 14.3. The van der Waals surface area contributed by atoms with E-state index in [2.05, 4.69) is 188 Å². The van der Waals surface area contributed by atoms with Crippen molar-refractivity contribution in [3.05, 3.63) is 223 Å². The SMILES string of the molecule is CC1(c2ccccc2)c2ccccc2-c2ccc(N(c3ccc(-c4ccccc4)cc3)c3ccc(-c4ccccc4)cc3Oc3ccccc3)cc21. The van der Waals surface area contributed by atoms with Crippen molar-refractivity contribution in [1.29, 1.82) is 0 Å². The molecule has 0 saturated heterocycles. The first kappa shape index (κ1) is 31.3. The largest absolute Gasteiger partial charge is 0.455 e. The Bertz CT molecular complexity index is 2480. The first-order valence-electron chi connectivity index (χ1n) is 17.8. The van der Waals surface area contributed by atoms with E-state index in [0.717, 1.165) is 39.7 Å². The van der Waals surface area contributed by atoms with Gasteiger partial charge in [0.2, 0.25) is 0 Å². The molecular formula is C50H37NO. The van der Waals surface area contributed by atoms with Crippen LogP contribution in [0.2, 0.25) is 0 Å². The molecular weight excluding hydrogens is 631 g/mol. The molecule has 0 bridgehead atoms. The number of anilines is 3. The number of rotatable bonds is 8. The first-order chi connectivity index (χ1) is 25.7. The Morgan fingerprint density at radius 2 is 0.923 bits per heavy atom. The van der Waals surface area contributed by atoms with Crippen LogP contribution in [-0.4, -0.2) is 0 Å². The van der Waals surface area contributed by atoms with Crippen molar-refractivity contribution in [2.75, 3.05) is 4.90 Å². The van der Waals surface area contributed by atoms with Crippen LogP contribution in [0.3, 0.4) is 0 Å². The lowest BCUT2D eigenvalue weighted by Crippen LogP contribution is -2.22. The van der Waals surface area contributed by atoms with Gasteiger partial charge < -0.3 is 9.64 Å². The molecule has 1 unspecified atom stereocenters. The summed E-state index contributed by atoms with van der Waals surface area (Å²) >= 11 is 0. The second kappa shape index (κ2) is 13.2. The van der Waals surface area contributed by atoms with E-state index in [1.807, 2.05) is 30.3 Å². The van der Waals surface area contributed by atoms with Crippen molar-refractivity contribution in [3.8, 4) is 44.9 Å². The van der Waals surface area contributed by atoms with Crippen molar-refractivity contribution in [2.45, 2.75) is 12.3 Å². The fraction of sp³-hybridized carbons (Fsp3) is 0.0400. The van der Waals surface area contributed by atoms with Crippen LogP contribution < -0.4 is 9.64 Å². The summed E-state index contributed by atoms with van der Waals surface area (Å²) in [5.74, 6) is 1.56. The van der Waals surface area contributed by atoms with E-state index in [1.165, 1.54) is 38.9 Å². The number of ether oxygens (including phenoxy) is 1. The maximum absolute atomic E-state index is 6.80. The van der Waals surface area contributed by atoms with Gasteiger partial charge >= 0.3 is 0 Å². The van der Waals surface area contributed by atoms with Crippen LogP contribution in [0.25, 0.3) is 33.4 Å². The summed E-state index contributed by atoms with van der Waals surface area (Å²) in [4.78, 5) is 2.34. The number of hydrogen-bond donors (Lipinski definition) is 0. The van der Waals surface area contributed by atoms with Gasteiger partial charge in [-0.2, -0.15) is 0 Å². The van der Waals surface area contributed by atoms with Crippen LogP contribution in [0.1, 0.15) is 23.6 Å². The van der Waals surface area contributed by atoms with Gasteiger partial charge in [-0.05, 0) is 106 Å². The lowest BCUT2D eigenvalue weighted by Gasteiger charge is -2.31. The third kappa shape index (κ3) is 5.55. The van der Waals surface area contributed by atoms with Crippen LogP contribution >= 0.6 is 0 Å². The van der Waals surface area contributed by atoms with Crippen LogP contribution in [0.15, 0.2) is 206 Å². The highest BCUT2D eigenvalue weighted by molar-refractivity contribution is 5.89. The number of para-hydroxylation sites is 1. The number of fused-ring (bicyclic) bond motifs is 3. The standard InChI is InChI=1S/C50H37NO/c1-50(40-20-10-4-11-21-40)46-25-15-14-24-44(46)45-32-31-42(35-47(45)50)51(41-29-26-38(27-30-41)36-16-6-2-7-17-36)48-33-28-39(37-18-8-3-9-19-37)34-49(48)52-43-22-12-5-13-23-43/h2-35H,1H3. The van der Waals surface area contributed by atoms with E-state index in [0.29, 0.717) is 0 Å². The molecule has 1 aliphatic carbocycles. The highest BCUT2D eigenvalue weighted by atomic mass is 16.5. The Hall–Kier alpha value is -6.64. The van der Waals surface area contributed by atoms with Gasteiger partial charge in [-0.15, -0.1) is 0 Å². The van der Waals surface area contributed by atoms with Gasteiger partial charge in [0.25, 0.3) is 0 Å². The summed E-state index contributed by atoms with van der Waals surface area (Å²) in [6, 6.07) is 73.2. The second-order valence-electron chi connectivity index (χ2n) is 13.5. The number of nitrogens with zero attached hydrogens (tertiary/aromatic N) is 1. The molecule has 0 spiro atoms. The maximum Gasteiger partial charge on any atom is 0.152 e. The molecule has 0 aliphatic heterocycles. The summed E-state index contributed by atoms with van der Waals surface area (Å²) in [5, 5.41) is 0. The third-order valence-corrected chi connectivity index (χ3v) is 10.4. The van der Waals surface area contributed by atoms with Gasteiger partial charge in [0.05, 0.1) is 5.69 Å². The molecule has 0 N–H and O–H groups in total. The average molecular weight is 668 g/mol. The molecule has 0 radical (unpaired) electrons. The summed E-state index contributed by atoms with van der Waals surface area (Å²) in [7, 11) is 0. The Kier molecular flexibility index (Phi) is 7.98. The highest BCUT2D eigenvalue weighted by Gasteiger charge is 2.41. The minimum Gasteiger partial charge on any atom is -0.455 e. The molecule has 2 nitrogen and oxygen atoms in total. The van der Waals surface area contributed by atoms with Gasteiger partial charge in [-0.3, -0.25) is 0 Å². The molecule has 1 aliphatic rings. The molecule has 1 atom stereocenters. The lowest BCUT2D eigenvalue weighted by atomic mass is 9.74. The Morgan fingerprint density at radius 3 is 1.62 bits per heavy atom. The fourth-order valence-electron chi connectivity index (χ4n) is 7.77. The summed E-state index contributed by atoms with van der Waals surface area (Å²) < 4.78 is 6.80. The van der Waals surface area contributed by atoms with Crippen LogP contribution in [-0.2, 0) is 5.41 Å². The van der Waals surface area contributed by atoms with E-state index >= 15 is 0 Å². The molecule has 0 fully saturated rings. The highest BCUT2D eigenvalue weighted by Crippen LogP contribution is 2.54. The molecule has 52 heavy (non-hydrogen) atoms. The van der Waals surface area contributed by atoms with Crippen molar-refractivity contribution in [1.82, 2.24) is 0 Å². The van der Waals surface area contributed by atoms with E-state index in [9.17, 15) is 0 Å².